The zero-order valence-corrected chi connectivity index (χ0v) is 18.7. The molecule has 0 radical (unpaired) electrons. The van der Waals surface area contributed by atoms with Crippen LogP contribution in [0.15, 0.2) is 48.5 Å². The van der Waals surface area contributed by atoms with E-state index in [-0.39, 0.29) is 30.2 Å². The summed E-state index contributed by atoms with van der Waals surface area (Å²) in [5, 5.41) is 13.1. The van der Waals surface area contributed by atoms with E-state index >= 15 is 0 Å². The summed E-state index contributed by atoms with van der Waals surface area (Å²) in [4.78, 5) is 29.7. The third-order valence-corrected chi connectivity index (χ3v) is 6.51. The highest BCUT2D eigenvalue weighted by atomic mass is 19.1. The quantitative estimate of drug-likeness (QED) is 0.698. The summed E-state index contributed by atoms with van der Waals surface area (Å²) in [6.07, 6.45) is 1.27. The number of nitrogens with zero attached hydrogens (tertiary/aromatic N) is 2. The number of piperidine rings is 1. The number of rotatable bonds is 6. The van der Waals surface area contributed by atoms with Gasteiger partial charge < -0.3 is 20.1 Å². The van der Waals surface area contributed by atoms with Gasteiger partial charge >= 0.3 is 0 Å². The molecular formula is C25H30FN3O4. The van der Waals surface area contributed by atoms with Crippen LogP contribution in [0.4, 0.5) is 4.39 Å². The molecule has 0 aliphatic carbocycles. The summed E-state index contributed by atoms with van der Waals surface area (Å²) in [6, 6.07) is 13.0. The van der Waals surface area contributed by atoms with Gasteiger partial charge in [-0.05, 0) is 55.2 Å². The second-order valence-corrected chi connectivity index (χ2v) is 8.71. The van der Waals surface area contributed by atoms with Gasteiger partial charge in [0.25, 0.3) is 5.91 Å². The minimum atomic E-state index is -0.564. The topological polar surface area (TPSA) is 82.1 Å². The SMILES string of the molecule is COc1cccc(C(=O)N2CCC(N3C[C@H](O)C[C@H]3C(=O)NCc3cccc(F)c3)CC2)c1. The van der Waals surface area contributed by atoms with Crippen LogP contribution in [0.25, 0.3) is 0 Å². The van der Waals surface area contributed by atoms with Gasteiger partial charge in [0.1, 0.15) is 11.6 Å². The first-order valence-electron chi connectivity index (χ1n) is 11.3. The number of hydrogen-bond donors (Lipinski definition) is 2. The fourth-order valence-electron chi connectivity index (χ4n) is 4.79. The minimum Gasteiger partial charge on any atom is -0.497 e. The molecule has 2 N–H and O–H groups in total. The lowest BCUT2D eigenvalue weighted by atomic mass is 10.0. The molecule has 0 bridgehead atoms. The van der Waals surface area contributed by atoms with E-state index in [1.54, 1.807) is 43.5 Å². The average molecular weight is 456 g/mol. The number of benzene rings is 2. The number of aliphatic hydroxyl groups excluding tert-OH is 1. The Hall–Kier alpha value is -2.97. The smallest absolute Gasteiger partial charge is 0.253 e. The van der Waals surface area contributed by atoms with Gasteiger partial charge in [0, 0.05) is 37.8 Å². The fourth-order valence-corrected chi connectivity index (χ4v) is 4.79. The Morgan fingerprint density at radius 3 is 2.64 bits per heavy atom. The molecule has 4 rings (SSSR count). The van der Waals surface area contributed by atoms with Crippen LogP contribution >= 0.6 is 0 Å². The average Bonchev–Trinajstić information content (AvgIpc) is 3.24. The van der Waals surface area contributed by atoms with Gasteiger partial charge in [-0.2, -0.15) is 0 Å². The summed E-state index contributed by atoms with van der Waals surface area (Å²) in [7, 11) is 1.57. The van der Waals surface area contributed by atoms with E-state index in [2.05, 4.69) is 10.2 Å². The number of halogens is 1. The van der Waals surface area contributed by atoms with E-state index in [4.69, 9.17) is 4.74 Å². The van der Waals surface area contributed by atoms with Crippen molar-refractivity contribution in [3.63, 3.8) is 0 Å². The van der Waals surface area contributed by atoms with Gasteiger partial charge in [-0.15, -0.1) is 0 Å². The zero-order chi connectivity index (χ0) is 23.4. The Morgan fingerprint density at radius 1 is 1.15 bits per heavy atom. The van der Waals surface area contributed by atoms with Crippen molar-refractivity contribution in [1.82, 2.24) is 15.1 Å². The lowest BCUT2D eigenvalue weighted by Crippen LogP contribution is -2.52. The molecule has 33 heavy (non-hydrogen) atoms. The number of carbonyl (C=O) groups excluding carboxylic acids is 2. The molecular weight excluding hydrogens is 425 g/mol. The molecule has 7 nitrogen and oxygen atoms in total. The van der Waals surface area contributed by atoms with Crippen LogP contribution in [0, 0.1) is 5.82 Å². The third-order valence-electron chi connectivity index (χ3n) is 6.51. The maximum Gasteiger partial charge on any atom is 0.253 e. The number of amides is 2. The third kappa shape index (κ3) is 5.51. The van der Waals surface area contributed by atoms with Gasteiger partial charge in [0.2, 0.25) is 5.91 Å². The van der Waals surface area contributed by atoms with Crippen molar-refractivity contribution >= 4 is 11.8 Å². The number of likely N-dealkylation sites (tertiary alicyclic amines) is 2. The van der Waals surface area contributed by atoms with Crippen molar-refractivity contribution in [2.45, 2.75) is 44.0 Å². The van der Waals surface area contributed by atoms with Crippen LogP contribution < -0.4 is 10.1 Å². The molecule has 0 spiro atoms. The Morgan fingerprint density at radius 2 is 1.91 bits per heavy atom. The Balaban J connectivity index is 1.34. The lowest BCUT2D eigenvalue weighted by molar-refractivity contribution is -0.126. The molecule has 2 aliphatic heterocycles. The standard InChI is InChI=1S/C25H30FN3O4/c1-33-22-7-3-5-18(13-22)25(32)28-10-8-20(9-11-28)29-16-21(30)14-23(29)24(31)27-15-17-4-2-6-19(26)12-17/h2-7,12-13,20-21,23,30H,8-11,14-16H2,1H3,(H,27,31)/t21-,23+/m1/s1. The second kappa shape index (κ2) is 10.3. The maximum atomic E-state index is 13.4. The molecule has 2 atom stereocenters. The summed E-state index contributed by atoms with van der Waals surface area (Å²) in [5.74, 6) is 0.118. The van der Waals surface area contributed by atoms with E-state index in [1.165, 1.54) is 12.1 Å². The Kier molecular flexibility index (Phi) is 7.25. The van der Waals surface area contributed by atoms with Crippen LogP contribution in [0.5, 0.6) is 5.75 Å². The van der Waals surface area contributed by atoms with Crippen LogP contribution in [0.2, 0.25) is 0 Å². The number of carbonyl (C=O) groups is 2. The van der Waals surface area contributed by atoms with Crippen molar-refractivity contribution in [2.24, 2.45) is 0 Å². The molecule has 0 aromatic heterocycles. The normalized spacial score (nSPS) is 21.7. The van der Waals surface area contributed by atoms with E-state index in [1.807, 2.05) is 4.90 Å². The maximum absolute atomic E-state index is 13.4. The van der Waals surface area contributed by atoms with Crippen molar-refractivity contribution in [3.8, 4) is 5.75 Å². The number of β-amino-alcohol motifs (C(OH)–C–C–N with tert-alkyl or cyclic N) is 1. The van der Waals surface area contributed by atoms with Crippen molar-refractivity contribution in [1.29, 1.82) is 0 Å². The van der Waals surface area contributed by atoms with E-state index < -0.39 is 12.1 Å². The number of hydrogen-bond acceptors (Lipinski definition) is 5. The van der Waals surface area contributed by atoms with E-state index in [9.17, 15) is 19.1 Å². The molecule has 0 saturated carbocycles. The van der Waals surface area contributed by atoms with E-state index in [0.29, 0.717) is 42.9 Å². The summed E-state index contributed by atoms with van der Waals surface area (Å²) < 4.78 is 18.6. The molecule has 2 saturated heterocycles. The number of ether oxygens (including phenoxy) is 1. The number of aliphatic hydroxyl groups is 1. The number of nitrogens with one attached hydrogen (secondary N) is 1. The predicted molar refractivity (Wildman–Crippen MR) is 121 cm³/mol. The highest BCUT2D eigenvalue weighted by Crippen LogP contribution is 2.27. The van der Waals surface area contributed by atoms with Crippen molar-refractivity contribution in [3.05, 3.63) is 65.5 Å². The van der Waals surface area contributed by atoms with Gasteiger partial charge in [-0.3, -0.25) is 14.5 Å². The molecule has 8 heteroatoms. The summed E-state index contributed by atoms with van der Waals surface area (Å²) >= 11 is 0. The van der Waals surface area contributed by atoms with E-state index in [0.717, 1.165) is 12.8 Å². The summed E-state index contributed by atoms with van der Waals surface area (Å²) in [5.41, 5.74) is 1.29. The molecule has 0 unspecified atom stereocenters. The first-order chi connectivity index (χ1) is 15.9. The van der Waals surface area contributed by atoms with Gasteiger partial charge in [-0.1, -0.05) is 18.2 Å². The highest BCUT2D eigenvalue weighted by molar-refractivity contribution is 5.94. The predicted octanol–water partition coefficient (Wildman–Crippen LogP) is 2.19. The van der Waals surface area contributed by atoms with Crippen molar-refractivity contribution < 1.29 is 23.8 Å². The highest BCUT2D eigenvalue weighted by Gasteiger charge is 2.41. The van der Waals surface area contributed by atoms with Crippen molar-refractivity contribution in [2.75, 3.05) is 26.7 Å². The largest absolute Gasteiger partial charge is 0.497 e. The first kappa shape index (κ1) is 23.2. The molecule has 2 heterocycles. The van der Waals surface area contributed by atoms with Gasteiger partial charge in [0.15, 0.2) is 0 Å². The molecule has 2 aliphatic rings. The first-order valence-corrected chi connectivity index (χ1v) is 11.3. The zero-order valence-electron chi connectivity index (χ0n) is 18.7. The number of methoxy groups -OCH3 is 1. The molecule has 2 amide bonds. The van der Waals surface area contributed by atoms with Crippen LogP contribution in [0.3, 0.4) is 0 Å². The van der Waals surface area contributed by atoms with Gasteiger partial charge in [0.05, 0.1) is 19.3 Å². The second-order valence-electron chi connectivity index (χ2n) is 8.71. The molecule has 2 aromatic carbocycles. The van der Waals surface area contributed by atoms with Crippen LogP contribution in [-0.2, 0) is 11.3 Å². The summed E-state index contributed by atoms with van der Waals surface area (Å²) in [6.45, 7) is 1.85. The Bertz CT molecular complexity index is 993. The monoisotopic (exact) mass is 455 g/mol. The van der Waals surface area contributed by atoms with Gasteiger partial charge in [-0.25, -0.2) is 4.39 Å². The Labute approximate surface area is 193 Å². The molecule has 2 fully saturated rings. The molecule has 2 aromatic rings. The lowest BCUT2D eigenvalue weighted by Gasteiger charge is -2.39. The van der Waals surface area contributed by atoms with Crippen LogP contribution in [0.1, 0.15) is 35.2 Å². The minimum absolute atomic E-state index is 0.0295. The molecule has 176 valence electrons. The fraction of sp³-hybridized carbons (Fsp3) is 0.440. The van der Waals surface area contributed by atoms with Crippen LogP contribution in [-0.4, -0.2) is 71.7 Å².